The molecule has 9 heteroatoms. The van der Waals surface area contributed by atoms with Gasteiger partial charge in [-0.05, 0) is 28.3 Å². The van der Waals surface area contributed by atoms with E-state index in [1.54, 1.807) is 35.7 Å². The van der Waals surface area contributed by atoms with Gasteiger partial charge in [0.05, 0.1) is 6.54 Å². The predicted octanol–water partition coefficient (Wildman–Crippen LogP) is 0.654. The average molecular weight is 356 g/mol. The molecule has 0 bridgehead atoms. The average Bonchev–Trinajstić information content (AvgIpc) is 3.31. The van der Waals surface area contributed by atoms with Crippen molar-refractivity contribution in [3.8, 4) is 0 Å². The lowest BCUT2D eigenvalue weighted by molar-refractivity contribution is -0.135. The minimum absolute atomic E-state index is 0.0792. The number of Topliss-reactive ketones (excluding diaryl/α,β-unsaturated/α-hetero) is 2. The summed E-state index contributed by atoms with van der Waals surface area (Å²) >= 11 is 1.37. The molecule has 0 aliphatic carbocycles. The zero-order valence-electron chi connectivity index (χ0n) is 13.1. The van der Waals surface area contributed by atoms with E-state index in [2.05, 4.69) is 15.5 Å². The Balaban J connectivity index is 1.93. The number of allylic oxidation sites excluding steroid dienone is 2. The van der Waals surface area contributed by atoms with Crippen molar-refractivity contribution in [2.75, 3.05) is 6.54 Å². The van der Waals surface area contributed by atoms with E-state index in [0.29, 0.717) is 0 Å². The Morgan fingerprint density at radius 1 is 1.28 bits per heavy atom. The van der Waals surface area contributed by atoms with Crippen LogP contribution in [0.3, 0.4) is 0 Å². The molecule has 2 aromatic heterocycles. The summed E-state index contributed by atoms with van der Waals surface area (Å²) in [6.07, 6.45) is 10.6. The number of nitrogens with zero attached hydrogens (tertiary/aromatic N) is 5. The van der Waals surface area contributed by atoms with Crippen molar-refractivity contribution < 1.29 is 14.4 Å². The molecule has 0 saturated carbocycles. The highest BCUT2D eigenvalue weighted by Crippen LogP contribution is 2.21. The fraction of sp³-hybridized carbons (Fsp3) is 0.250. The van der Waals surface area contributed by atoms with Crippen LogP contribution in [0, 0.1) is 0 Å². The molecule has 1 aliphatic heterocycles. The number of aromatic nitrogens is 4. The molecule has 2 aromatic rings. The molecule has 3 heterocycles. The smallest absolute Gasteiger partial charge is 0.249 e. The summed E-state index contributed by atoms with van der Waals surface area (Å²) in [6, 6.07) is 3.56. The van der Waals surface area contributed by atoms with Crippen molar-refractivity contribution in [3.63, 3.8) is 0 Å². The Morgan fingerprint density at radius 3 is 2.68 bits per heavy atom. The van der Waals surface area contributed by atoms with Crippen LogP contribution in [0.4, 0.5) is 0 Å². The van der Waals surface area contributed by atoms with Crippen LogP contribution in [0.25, 0.3) is 0 Å². The van der Waals surface area contributed by atoms with Crippen LogP contribution in [0.5, 0.6) is 0 Å². The number of tetrazole rings is 1. The van der Waals surface area contributed by atoms with Gasteiger partial charge in [0, 0.05) is 23.7 Å². The highest BCUT2D eigenvalue weighted by Gasteiger charge is 2.49. The Bertz CT molecular complexity index is 801. The number of carbonyl (C=O) groups is 2. The first-order valence-electron chi connectivity index (χ1n) is 7.47. The molecule has 1 atom stereocenters. The van der Waals surface area contributed by atoms with E-state index in [0.717, 1.165) is 22.3 Å². The number of rotatable bonds is 8. The van der Waals surface area contributed by atoms with Crippen LogP contribution in [0.2, 0.25) is 0 Å². The van der Waals surface area contributed by atoms with Gasteiger partial charge in [-0.2, -0.15) is 0 Å². The molecular weight excluding hydrogens is 342 g/mol. The van der Waals surface area contributed by atoms with Gasteiger partial charge in [-0.25, -0.2) is 4.68 Å². The summed E-state index contributed by atoms with van der Waals surface area (Å²) in [5, 5.41) is 12.4. The summed E-state index contributed by atoms with van der Waals surface area (Å²) in [6.45, 7) is -0.168. The van der Waals surface area contributed by atoms with E-state index in [-0.39, 0.29) is 13.0 Å². The van der Waals surface area contributed by atoms with E-state index in [1.807, 2.05) is 17.5 Å². The number of carbonyl (C=O) groups excluding carboxylic acids is 3. The van der Waals surface area contributed by atoms with E-state index in [4.69, 9.17) is 0 Å². The SMILES string of the molecule is O=[C]C(C(=O)Cc1cccs1)(C(=O)CN1C=CCC=C1)n1cnnn1. The van der Waals surface area contributed by atoms with E-state index in [9.17, 15) is 14.4 Å². The second kappa shape index (κ2) is 7.31. The number of thiophene rings is 1. The normalized spacial score (nSPS) is 15.8. The second-order valence-electron chi connectivity index (χ2n) is 5.35. The van der Waals surface area contributed by atoms with Crippen LogP contribution in [0.15, 0.2) is 48.4 Å². The maximum absolute atomic E-state index is 12.9. The maximum atomic E-state index is 12.9. The van der Waals surface area contributed by atoms with Crippen molar-refractivity contribution in [2.24, 2.45) is 0 Å². The molecule has 0 aromatic carbocycles. The molecular formula is C16H14N5O3S. The topological polar surface area (TPSA) is 98.1 Å². The summed E-state index contributed by atoms with van der Waals surface area (Å²) in [7, 11) is 0. The molecule has 8 nitrogen and oxygen atoms in total. The van der Waals surface area contributed by atoms with Gasteiger partial charge in [-0.15, -0.1) is 16.4 Å². The quantitative estimate of drug-likeness (QED) is 0.641. The zero-order chi connectivity index (χ0) is 17.7. The number of hydrogen-bond donors (Lipinski definition) is 0. The standard InChI is InChI=1S/C16H14N5O3S/c22-11-16(21-12-17-18-19-21,14(23)9-13-5-4-8-25-13)15(24)10-20-6-2-1-3-7-20/h2-8,12H,1,9-10H2. The molecule has 0 saturated heterocycles. The van der Waals surface area contributed by atoms with Crippen LogP contribution in [0.1, 0.15) is 11.3 Å². The predicted molar refractivity (Wildman–Crippen MR) is 89.1 cm³/mol. The van der Waals surface area contributed by atoms with E-state index in [1.165, 1.54) is 11.3 Å². The fourth-order valence-electron chi connectivity index (χ4n) is 2.49. The van der Waals surface area contributed by atoms with Crippen molar-refractivity contribution in [3.05, 3.63) is 53.3 Å². The van der Waals surface area contributed by atoms with Gasteiger partial charge in [-0.3, -0.25) is 14.4 Å². The van der Waals surface area contributed by atoms with E-state index >= 15 is 0 Å². The van der Waals surface area contributed by atoms with Crippen molar-refractivity contribution in [1.29, 1.82) is 0 Å². The van der Waals surface area contributed by atoms with Gasteiger partial charge in [-0.1, -0.05) is 18.2 Å². The van der Waals surface area contributed by atoms with E-state index < -0.39 is 17.1 Å². The van der Waals surface area contributed by atoms with Crippen molar-refractivity contribution >= 4 is 29.2 Å². The summed E-state index contributed by atoms with van der Waals surface area (Å²) in [5.41, 5.74) is -2.20. The Labute approximate surface area is 147 Å². The fourth-order valence-corrected chi connectivity index (χ4v) is 3.20. The van der Waals surface area contributed by atoms with Gasteiger partial charge in [0.25, 0.3) is 0 Å². The molecule has 3 rings (SSSR count). The second-order valence-corrected chi connectivity index (χ2v) is 6.38. The molecule has 0 spiro atoms. The van der Waals surface area contributed by atoms with Crippen molar-refractivity contribution in [1.82, 2.24) is 25.1 Å². The highest BCUT2D eigenvalue weighted by molar-refractivity contribution is 7.10. The maximum Gasteiger partial charge on any atom is 0.249 e. The third kappa shape index (κ3) is 3.31. The molecule has 1 aliphatic rings. The van der Waals surface area contributed by atoms with Gasteiger partial charge >= 0.3 is 0 Å². The first kappa shape index (κ1) is 16.9. The van der Waals surface area contributed by atoms with Crippen LogP contribution < -0.4 is 0 Å². The first-order chi connectivity index (χ1) is 12.2. The first-order valence-corrected chi connectivity index (χ1v) is 8.35. The molecule has 1 radical (unpaired) electrons. The molecule has 0 N–H and O–H groups in total. The highest BCUT2D eigenvalue weighted by atomic mass is 32.1. The van der Waals surface area contributed by atoms with Crippen molar-refractivity contribution in [2.45, 2.75) is 18.4 Å². The minimum Gasteiger partial charge on any atom is -0.347 e. The lowest BCUT2D eigenvalue weighted by Crippen LogP contribution is -2.54. The summed E-state index contributed by atoms with van der Waals surface area (Å²) in [5.74, 6) is -1.26. The van der Waals surface area contributed by atoms with Crippen LogP contribution >= 0.6 is 11.3 Å². The molecule has 127 valence electrons. The summed E-state index contributed by atoms with van der Waals surface area (Å²) < 4.78 is 0.885. The number of ketones is 2. The summed E-state index contributed by atoms with van der Waals surface area (Å²) in [4.78, 5) is 40.0. The minimum atomic E-state index is -2.20. The zero-order valence-corrected chi connectivity index (χ0v) is 13.9. The molecule has 0 amide bonds. The molecule has 25 heavy (non-hydrogen) atoms. The van der Waals surface area contributed by atoms with Gasteiger partial charge in [0.2, 0.25) is 11.8 Å². The Hall–Kier alpha value is -2.94. The molecule has 0 fully saturated rings. The van der Waals surface area contributed by atoms with Crippen LogP contribution in [-0.2, 0) is 26.3 Å². The van der Waals surface area contributed by atoms with Gasteiger partial charge in [0.1, 0.15) is 6.33 Å². The molecule has 1 unspecified atom stereocenters. The lowest BCUT2D eigenvalue weighted by Gasteiger charge is -2.26. The monoisotopic (exact) mass is 356 g/mol. The van der Waals surface area contributed by atoms with Gasteiger partial charge < -0.3 is 4.90 Å². The third-order valence-electron chi connectivity index (χ3n) is 3.75. The Morgan fingerprint density at radius 2 is 2.08 bits per heavy atom. The lowest BCUT2D eigenvalue weighted by atomic mass is 9.88. The van der Waals surface area contributed by atoms with Gasteiger partial charge in [0.15, 0.2) is 11.6 Å². The largest absolute Gasteiger partial charge is 0.347 e. The van der Waals surface area contributed by atoms with Crippen LogP contribution in [-0.4, -0.2) is 49.5 Å². The Kier molecular flexibility index (Phi) is 4.94. The third-order valence-corrected chi connectivity index (χ3v) is 4.63. The number of hydrogen-bond acceptors (Lipinski definition) is 8.